The summed E-state index contributed by atoms with van der Waals surface area (Å²) in [6.07, 6.45) is -5.73. The Bertz CT molecular complexity index is 586. The van der Waals surface area contributed by atoms with Gasteiger partial charge in [-0.05, 0) is 0 Å². The van der Waals surface area contributed by atoms with Gasteiger partial charge in [0.05, 0.1) is 6.54 Å². The van der Waals surface area contributed by atoms with Gasteiger partial charge in [0, 0.05) is 13.1 Å². The van der Waals surface area contributed by atoms with E-state index in [9.17, 15) is 18.5 Å². The zero-order valence-electron chi connectivity index (χ0n) is 12.1. The Labute approximate surface area is 139 Å². The fourth-order valence-electron chi connectivity index (χ4n) is 2.18. The molecule has 0 bridgehead atoms. The largest absolute Gasteiger partial charge is 0.480 e. The van der Waals surface area contributed by atoms with Crippen LogP contribution in [0.2, 0.25) is 0 Å². The third kappa shape index (κ3) is 9.31. The van der Waals surface area contributed by atoms with E-state index in [0.29, 0.717) is 0 Å². The molecular formula is C7H16NO14P3. The number of carboxylic acids is 1. The van der Waals surface area contributed by atoms with Crippen molar-refractivity contribution in [1.82, 2.24) is 4.90 Å². The number of hydrogen-bond donors (Lipinski definition) is 7. The average Bonchev–Trinajstić information content (AvgIpc) is 2.27. The van der Waals surface area contributed by atoms with Crippen molar-refractivity contribution in [2.45, 2.75) is 18.3 Å². The zero-order chi connectivity index (χ0) is 19.6. The molecule has 7 N–H and O–H groups in total. The third-order valence-corrected chi connectivity index (χ3v) is 4.38. The van der Waals surface area contributed by atoms with Gasteiger partial charge in [0.15, 0.2) is 0 Å². The number of piperidine rings is 1. The van der Waals surface area contributed by atoms with Crippen molar-refractivity contribution in [3.05, 3.63) is 0 Å². The molecule has 0 unspecified atom stereocenters. The minimum absolute atomic E-state index is 0.580. The van der Waals surface area contributed by atoms with E-state index >= 15 is 0 Å². The number of hydrogen-bond acceptors (Lipinski definition) is 8. The number of nitrogens with zero attached hydrogens (tertiary/aromatic N) is 1. The van der Waals surface area contributed by atoms with Gasteiger partial charge in [0.1, 0.15) is 18.3 Å². The topological polar surface area (TPSA) is 241 Å². The predicted molar refractivity (Wildman–Crippen MR) is 74.8 cm³/mol. The molecule has 148 valence electrons. The highest BCUT2D eigenvalue weighted by molar-refractivity contribution is 7.47. The van der Waals surface area contributed by atoms with Crippen LogP contribution in [0.25, 0.3) is 0 Å². The van der Waals surface area contributed by atoms with Crippen molar-refractivity contribution in [1.29, 1.82) is 0 Å². The number of carboxylic acid groups (broad SMARTS) is 1. The number of carbonyl (C=O) groups is 1. The second-order valence-electron chi connectivity index (χ2n) is 4.92. The van der Waals surface area contributed by atoms with Crippen molar-refractivity contribution in [3.8, 4) is 0 Å². The van der Waals surface area contributed by atoms with E-state index in [0.717, 1.165) is 4.90 Å². The molecule has 1 aliphatic rings. The third-order valence-electron chi connectivity index (χ3n) is 2.77. The molecule has 1 aliphatic heterocycles. The molecular weight excluding hydrogens is 415 g/mol. The minimum Gasteiger partial charge on any atom is -0.480 e. The lowest BCUT2D eigenvalue weighted by Gasteiger charge is -2.41. The smallest absolute Gasteiger partial charge is 0.470 e. The van der Waals surface area contributed by atoms with E-state index < -0.39 is 67.4 Å². The monoisotopic (exact) mass is 431 g/mol. The molecule has 0 saturated carbocycles. The molecule has 0 aliphatic carbocycles. The van der Waals surface area contributed by atoms with E-state index in [1.165, 1.54) is 0 Å². The SMILES string of the molecule is O=C(O)CN1C[C@@H](OP(=O)(O)O)C(OP(=O)(O)O)[C@H](OP(=O)(O)O)C1. The summed E-state index contributed by atoms with van der Waals surface area (Å²) in [5, 5.41) is 8.77. The average molecular weight is 431 g/mol. The Hall–Kier alpha value is -0.240. The number of phosphoric acid groups is 3. The Kier molecular flexibility index (Phi) is 7.47. The molecule has 15 nitrogen and oxygen atoms in total. The first-order valence-corrected chi connectivity index (χ1v) is 10.8. The van der Waals surface area contributed by atoms with Crippen molar-refractivity contribution in [2.75, 3.05) is 19.6 Å². The maximum Gasteiger partial charge on any atom is 0.470 e. The molecule has 2 atom stereocenters. The van der Waals surface area contributed by atoms with Crippen LogP contribution < -0.4 is 0 Å². The van der Waals surface area contributed by atoms with E-state index in [-0.39, 0.29) is 0 Å². The molecule has 1 heterocycles. The first-order valence-electron chi connectivity index (χ1n) is 6.22. The van der Waals surface area contributed by atoms with Gasteiger partial charge in [-0.2, -0.15) is 0 Å². The van der Waals surface area contributed by atoms with Gasteiger partial charge in [0.25, 0.3) is 0 Å². The summed E-state index contributed by atoms with van der Waals surface area (Å²) >= 11 is 0. The van der Waals surface area contributed by atoms with Gasteiger partial charge < -0.3 is 34.5 Å². The lowest BCUT2D eigenvalue weighted by atomic mass is 10.0. The zero-order valence-corrected chi connectivity index (χ0v) is 14.8. The summed E-state index contributed by atoms with van der Waals surface area (Å²) < 4.78 is 46.0. The normalized spacial score (nSPS) is 24.4. The predicted octanol–water partition coefficient (Wildman–Crippen LogP) is -2.18. The first-order chi connectivity index (χ1) is 11.1. The van der Waals surface area contributed by atoms with Crippen LogP contribution >= 0.6 is 23.5 Å². The van der Waals surface area contributed by atoms with E-state index in [1.807, 2.05) is 0 Å². The lowest BCUT2D eigenvalue weighted by Crippen LogP contribution is -2.58. The fraction of sp³-hybridized carbons (Fsp3) is 0.857. The number of likely N-dealkylation sites (tertiary alicyclic amines) is 1. The van der Waals surface area contributed by atoms with E-state index in [4.69, 9.17) is 34.5 Å². The second kappa shape index (κ2) is 8.19. The molecule has 1 rings (SSSR count). The highest BCUT2D eigenvalue weighted by atomic mass is 31.2. The standard InChI is InChI=1S/C7H16NO14P3/c9-6(10)3-8-1-4(20-23(11,12)13)7(22-25(17,18)19)5(2-8)21-24(14,15)16/h4-5,7H,1-3H2,(H,9,10)(H2,11,12,13)(H2,14,15,16)(H2,17,18,19)/t4-,5-/m1/s1. The summed E-state index contributed by atoms with van der Waals surface area (Å²) in [6.45, 7) is -1.89. The van der Waals surface area contributed by atoms with Crippen LogP contribution in [0.1, 0.15) is 0 Å². The van der Waals surface area contributed by atoms with Crippen molar-refractivity contribution in [2.24, 2.45) is 0 Å². The molecule has 0 radical (unpaired) electrons. The first kappa shape index (κ1) is 22.8. The minimum atomic E-state index is -5.29. The summed E-state index contributed by atoms with van der Waals surface area (Å²) in [6, 6.07) is 0. The highest BCUT2D eigenvalue weighted by Crippen LogP contribution is 2.48. The second-order valence-corrected chi connectivity index (χ2v) is 8.49. The van der Waals surface area contributed by atoms with Crippen LogP contribution in [-0.4, -0.2) is 83.3 Å². The van der Waals surface area contributed by atoms with E-state index in [1.54, 1.807) is 0 Å². The van der Waals surface area contributed by atoms with Gasteiger partial charge >= 0.3 is 29.4 Å². The number of aliphatic carboxylic acids is 1. The quantitative estimate of drug-likeness (QED) is 0.202. The Morgan fingerprint density at radius 2 is 1.20 bits per heavy atom. The van der Waals surface area contributed by atoms with Crippen molar-refractivity contribution < 1.29 is 66.5 Å². The van der Waals surface area contributed by atoms with Crippen LogP contribution in [0.5, 0.6) is 0 Å². The lowest BCUT2D eigenvalue weighted by molar-refractivity contribution is -0.142. The van der Waals surface area contributed by atoms with Gasteiger partial charge in [-0.3, -0.25) is 23.3 Å². The molecule has 0 amide bonds. The highest BCUT2D eigenvalue weighted by Gasteiger charge is 2.47. The summed E-state index contributed by atoms with van der Waals surface area (Å²) in [5.74, 6) is -1.39. The number of rotatable bonds is 8. The van der Waals surface area contributed by atoms with Crippen LogP contribution in [-0.2, 0) is 32.1 Å². The molecule has 0 spiro atoms. The fourth-order valence-corrected chi connectivity index (χ4v) is 3.85. The van der Waals surface area contributed by atoms with Crippen LogP contribution in [0.15, 0.2) is 0 Å². The van der Waals surface area contributed by atoms with Gasteiger partial charge in [-0.15, -0.1) is 0 Å². The maximum absolute atomic E-state index is 11.0. The molecule has 0 aromatic carbocycles. The van der Waals surface area contributed by atoms with Crippen LogP contribution in [0.4, 0.5) is 0 Å². The van der Waals surface area contributed by atoms with Crippen LogP contribution in [0, 0.1) is 0 Å². The molecule has 1 saturated heterocycles. The summed E-state index contributed by atoms with van der Waals surface area (Å²) in [7, 11) is -15.8. The van der Waals surface area contributed by atoms with E-state index in [2.05, 4.69) is 13.6 Å². The Morgan fingerprint density at radius 3 is 1.48 bits per heavy atom. The van der Waals surface area contributed by atoms with Crippen molar-refractivity contribution in [3.63, 3.8) is 0 Å². The molecule has 0 aromatic rings. The van der Waals surface area contributed by atoms with Gasteiger partial charge in [-0.1, -0.05) is 0 Å². The van der Waals surface area contributed by atoms with Crippen LogP contribution in [0.3, 0.4) is 0 Å². The summed E-state index contributed by atoms with van der Waals surface area (Å²) in [4.78, 5) is 65.0. The molecule has 25 heavy (non-hydrogen) atoms. The Balaban J connectivity index is 3.18. The Morgan fingerprint density at radius 1 is 0.840 bits per heavy atom. The molecule has 18 heteroatoms. The van der Waals surface area contributed by atoms with Crippen molar-refractivity contribution >= 4 is 29.4 Å². The van der Waals surface area contributed by atoms with Gasteiger partial charge in [-0.25, -0.2) is 13.7 Å². The molecule has 1 fully saturated rings. The number of phosphoric ester groups is 3. The summed E-state index contributed by atoms with van der Waals surface area (Å²) in [5.41, 5.74) is 0. The maximum atomic E-state index is 11.0. The molecule has 0 aromatic heterocycles. The van der Waals surface area contributed by atoms with Gasteiger partial charge in [0.2, 0.25) is 0 Å².